The van der Waals surface area contributed by atoms with Crippen LogP contribution in [0.15, 0.2) is 30.3 Å². The zero-order chi connectivity index (χ0) is 17.0. The Labute approximate surface area is 140 Å². The van der Waals surface area contributed by atoms with Gasteiger partial charge in [0, 0.05) is 22.3 Å². The highest BCUT2D eigenvalue weighted by molar-refractivity contribution is 7.18. The number of aliphatic carboxylic acids is 1. The van der Waals surface area contributed by atoms with E-state index in [2.05, 4.69) is 5.32 Å². The van der Waals surface area contributed by atoms with E-state index in [0.29, 0.717) is 5.02 Å². The second-order valence-electron chi connectivity index (χ2n) is 4.64. The molecule has 2 aromatic rings. The molecule has 2 rings (SSSR count). The van der Waals surface area contributed by atoms with Gasteiger partial charge in [-0.25, -0.2) is 0 Å². The molecule has 0 saturated heterocycles. The zero-order valence-corrected chi connectivity index (χ0v) is 13.4. The Balaban J connectivity index is 2.25. The fraction of sp³-hybridized carbons (Fsp3) is 0.133. The monoisotopic (exact) mass is 351 g/mol. The summed E-state index contributed by atoms with van der Waals surface area (Å²) in [7, 11) is 0. The summed E-state index contributed by atoms with van der Waals surface area (Å²) in [6, 6.07) is 8.59. The summed E-state index contributed by atoms with van der Waals surface area (Å²) in [5.41, 5.74) is 6.40. The molecule has 0 bridgehead atoms. The highest BCUT2D eigenvalue weighted by Gasteiger charge is 2.16. The lowest BCUT2D eigenvalue weighted by atomic mass is 10.2. The summed E-state index contributed by atoms with van der Waals surface area (Å²) in [6.07, 6.45) is -0.640. The largest absolute Gasteiger partial charge is 0.550 e. The molecule has 0 fully saturated rings. The molecule has 0 atom stereocenters. The molecule has 23 heavy (non-hydrogen) atoms. The highest BCUT2D eigenvalue weighted by Crippen LogP contribution is 2.35. The number of carbonyl (C=O) groups is 3. The first-order chi connectivity index (χ1) is 10.9. The summed E-state index contributed by atoms with van der Waals surface area (Å²) in [4.78, 5) is 34.5. The quantitative estimate of drug-likeness (QED) is 0.823. The van der Waals surface area contributed by atoms with Gasteiger partial charge in [-0.2, -0.15) is 0 Å². The van der Waals surface area contributed by atoms with E-state index in [1.165, 1.54) is 0 Å². The predicted octanol–water partition coefficient (Wildman–Crippen LogP) is 1.64. The number of hydrogen-bond acceptors (Lipinski definition) is 5. The topological polar surface area (TPSA) is 112 Å². The van der Waals surface area contributed by atoms with Crippen LogP contribution in [0.1, 0.15) is 22.5 Å². The van der Waals surface area contributed by atoms with E-state index in [0.717, 1.165) is 21.8 Å². The zero-order valence-electron chi connectivity index (χ0n) is 11.8. The molecule has 1 heterocycles. The Bertz CT molecular complexity index is 755. The molecule has 0 saturated carbocycles. The molecule has 0 spiro atoms. The van der Waals surface area contributed by atoms with Crippen molar-refractivity contribution in [2.75, 3.05) is 5.32 Å². The van der Waals surface area contributed by atoms with Crippen LogP contribution in [-0.4, -0.2) is 17.8 Å². The Morgan fingerprint density at radius 1 is 1.17 bits per heavy atom. The van der Waals surface area contributed by atoms with Crippen molar-refractivity contribution in [3.8, 4) is 10.4 Å². The van der Waals surface area contributed by atoms with Crippen molar-refractivity contribution in [3.05, 3.63) is 40.2 Å². The van der Waals surface area contributed by atoms with Gasteiger partial charge in [0.1, 0.15) is 4.88 Å². The van der Waals surface area contributed by atoms with E-state index in [1.54, 1.807) is 30.3 Å². The van der Waals surface area contributed by atoms with Crippen molar-refractivity contribution in [2.45, 2.75) is 12.8 Å². The minimum atomic E-state index is -1.32. The minimum Gasteiger partial charge on any atom is -0.550 e. The van der Waals surface area contributed by atoms with E-state index in [4.69, 9.17) is 17.3 Å². The molecule has 6 nitrogen and oxygen atoms in total. The number of carbonyl (C=O) groups excluding carboxylic acids is 3. The maximum absolute atomic E-state index is 11.7. The SMILES string of the molecule is NC(=O)c1sc(-c2ccc(Cl)cc2)cc1NC(=O)CCC(=O)[O-]. The number of halogens is 1. The van der Waals surface area contributed by atoms with E-state index < -0.39 is 24.2 Å². The average Bonchev–Trinajstić information content (AvgIpc) is 2.90. The molecule has 8 heteroatoms. The Kier molecular flexibility index (Phi) is 5.36. The van der Waals surface area contributed by atoms with Crippen molar-refractivity contribution in [3.63, 3.8) is 0 Å². The number of rotatable bonds is 6. The van der Waals surface area contributed by atoms with Crippen molar-refractivity contribution in [1.82, 2.24) is 0 Å². The predicted molar refractivity (Wildman–Crippen MR) is 86.2 cm³/mol. The lowest BCUT2D eigenvalue weighted by Crippen LogP contribution is -2.24. The number of carboxylic acids is 1. The van der Waals surface area contributed by atoms with Crippen LogP contribution in [0.2, 0.25) is 5.02 Å². The summed E-state index contributed by atoms with van der Waals surface area (Å²) in [6.45, 7) is 0. The van der Waals surface area contributed by atoms with Gasteiger partial charge in [-0.05, 0) is 30.2 Å². The lowest BCUT2D eigenvalue weighted by molar-refractivity contribution is -0.305. The van der Waals surface area contributed by atoms with Crippen LogP contribution in [0.25, 0.3) is 10.4 Å². The van der Waals surface area contributed by atoms with Gasteiger partial charge in [-0.3, -0.25) is 9.59 Å². The molecule has 2 amide bonds. The summed E-state index contributed by atoms with van der Waals surface area (Å²) >= 11 is 6.97. The summed E-state index contributed by atoms with van der Waals surface area (Å²) in [5.74, 6) is -2.52. The lowest BCUT2D eigenvalue weighted by Gasteiger charge is -2.05. The third-order valence-electron chi connectivity index (χ3n) is 2.91. The van der Waals surface area contributed by atoms with Gasteiger partial charge in [-0.15, -0.1) is 11.3 Å². The molecule has 0 aliphatic heterocycles. The van der Waals surface area contributed by atoms with Crippen LogP contribution in [0.3, 0.4) is 0 Å². The third kappa shape index (κ3) is 4.54. The Morgan fingerprint density at radius 3 is 2.39 bits per heavy atom. The number of anilines is 1. The second kappa shape index (κ2) is 7.26. The Morgan fingerprint density at radius 2 is 1.83 bits per heavy atom. The van der Waals surface area contributed by atoms with Crippen molar-refractivity contribution < 1.29 is 19.5 Å². The van der Waals surface area contributed by atoms with Crippen LogP contribution < -0.4 is 16.2 Å². The average molecular weight is 352 g/mol. The molecular weight excluding hydrogens is 340 g/mol. The van der Waals surface area contributed by atoms with Gasteiger partial charge in [0.25, 0.3) is 5.91 Å². The number of primary amides is 1. The van der Waals surface area contributed by atoms with E-state index in [1.807, 2.05) is 0 Å². The number of nitrogens with one attached hydrogen (secondary N) is 1. The van der Waals surface area contributed by atoms with Crippen molar-refractivity contribution in [1.29, 1.82) is 0 Å². The Hall–Kier alpha value is -2.38. The molecule has 1 aromatic carbocycles. The molecule has 0 aliphatic carbocycles. The van der Waals surface area contributed by atoms with Crippen LogP contribution in [-0.2, 0) is 9.59 Å². The molecule has 1 aromatic heterocycles. The first kappa shape index (κ1) is 17.0. The van der Waals surface area contributed by atoms with Gasteiger partial charge in [0.2, 0.25) is 5.91 Å². The summed E-state index contributed by atoms with van der Waals surface area (Å²) in [5, 5.41) is 13.5. The van der Waals surface area contributed by atoms with Gasteiger partial charge >= 0.3 is 0 Å². The molecule has 0 radical (unpaired) electrons. The van der Waals surface area contributed by atoms with Crippen LogP contribution in [0.4, 0.5) is 5.69 Å². The maximum Gasteiger partial charge on any atom is 0.260 e. The number of amides is 2. The van der Waals surface area contributed by atoms with E-state index in [-0.39, 0.29) is 17.0 Å². The van der Waals surface area contributed by atoms with Gasteiger partial charge in [0.05, 0.1) is 5.69 Å². The van der Waals surface area contributed by atoms with Gasteiger partial charge in [0.15, 0.2) is 0 Å². The first-order valence-corrected chi connectivity index (χ1v) is 7.75. The van der Waals surface area contributed by atoms with Crippen molar-refractivity contribution >= 4 is 46.4 Å². The van der Waals surface area contributed by atoms with E-state index >= 15 is 0 Å². The smallest absolute Gasteiger partial charge is 0.260 e. The van der Waals surface area contributed by atoms with Crippen molar-refractivity contribution in [2.24, 2.45) is 5.73 Å². The summed E-state index contributed by atoms with van der Waals surface area (Å²) < 4.78 is 0. The fourth-order valence-corrected chi connectivity index (χ4v) is 2.95. The first-order valence-electron chi connectivity index (χ1n) is 6.56. The third-order valence-corrected chi connectivity index (χ3v) is 4.37. The van der Waals surface area contributed by atoms with E-state index in [9.17, 15) is 19.5 Å². The number of carboxylic acid groups (broad SMARTS) is 1. The normalized spacial score (nSPS) is 10.3. The molecule has 0 unspecified atom stereocenters. The molecular formula is C15H12ClN2O4S-. The standard InChI is InChI=1S/C15H13ClN2O4S/c16-9-3-1-8(2-4-9)11-7-10(14(23-11)15(17)22)18-12(19)5-6-13(20)21/h1-4,7H,5-6H2,(H2,17,22)(H,18,19)(H,20,21)/p-1. The number of thiophene rings is 1. The van der Waals surface area contributed by atoms with Gasteiger partial charge < -0.3 is 21.0 Å². The maximum atomic E-state index is 11.7. The number of nitrogens with two attached hydrogens (primary N) is 1. The van der Waals surface area contributed by atoms with Crippen LogP contribution in [0.5, 0.6) is 0 Å². The fourth-order valence-electron chi connectivity index (χ4n) is 1.85. The van der Waals surface area contributed by atoms with Crippen LogP contribution >= 0.6 is 22.9 Å². The molecule has 120 valence electrons. The minimum absolute atomic E-state index is 0.191. The van der Waals surface area contributed by atoms with Crippen LogP contribution in [0, 0.1) is 0 Å². The number of benzene rings is 1. The molecule has 0 aliphatic rings. The number of hydrogen-bond donors (Lipinski definition) is 2. The highest BCUT2D eigenvalue weighted by atomic mass is 35.5. The molecule has 3 N–H and O–H groups in total. The van der Waals surface area contributed by atoms with Gasteiger partial charge in [-0.1, -0.05) is 23.7 Å². The second-order valence-corrected chi connectivity index (χ2v) is 6.13.